The Morgan fingerprint density at radius 1 is 1.10 bits per heavy atom. The molecule has 0 aromatic carbocycles. The van der Waals surface area contributed by atoms with Crippen LogP contribution in [-0.2, 0) is 9.47 Å². The smallest absolute Gasteiger partial charge is 0.0809 e. The quantitative estimate of drug-likeness (QED) is 0.858. The lowest BCUT2D eigenvalue weighted by Gasteiger charge is -2.52. The number of hydrogen-bond acceptors (Lipinski definition) is 3. The molecule has 2 aliphatic heterocycles. The maximum absolute atomic E-state index is 6.25. The van der Waals surface area contributed by atoms with Crippen molar-refractivity contribution >= 4 is 0 Å². The molecular weight excluding hydrogens is 250 g/mol. The average Bonchev–Trinajstić information content (AvgIpc) is 2.44. The van der Waals surface area contributed by atoms with Crippen LogP contribution in [0.5, 0.6) is 0 Å². The average molecular weight is 281 g/mol. The van der Waals surface area contributed by atoms with Gasteiger partial charge in [0.05, 0.1) is 11.2 Å². The van der Waals surface area contributed by atoms with Crippen LogP contribution in [0.4, 0.5) is 0 Å². The fourth-order valence-corrected chi connectivity index (χ4v) is 4.57. The summed E-state index contributed by atoms with van der Waals surface area (Å²) >= 11 is 0. The number of nitrogens with one attached hydrogen (secondary N) is 1. The van der Waals surface area contributed by atoms with E-state index in [0.29, 0.717) is 12.0 Å². The van der Waals surface area contributed by atoms with Crippen LogP contribution in [-0.4, -0.2) is 37.0 Å². The maximum Gasteiger partial charge on any atom is 0.0809 e. The Labute approximate surface area is 123 Å². The third-order valence-electron chi connectivity index (χ3n) is 5.85. The van der Waals surface area contributed by atoms with Crippen molar-refractivity contribution in [2.75, 3.05) is 19.8 Å². The van der Waals surface area contributed by atoms with Gasteiger partial charge in [-0.05, 0) is 70.8 Å². The zero-order chi connectivity index (χ0) is 14.1. The molecule has 3 unspecified atom stereocenters. The molecule has 1 N–H and O–H groups in total. The highest BCUT2D eigenvalue weighted by molar-refractivity contribution is 5.02. The third kappa shape index (κ3) is 2.77. The van der Waals surface area contributed by atoms with Crippen molar-refractivity contribution in [2.24, 2.45) is 5.92 Å². The molecule has 3 atom stereocenters. The SMILES string of the molecule is CCNC(C1CCOC2(CCC2)C1)C1(C)CCCCO1. The van der Waals surface area contributed by atoms with Gasteiger partial charge in [-0.2, -0.15) is 0 Å². The predicted molar refractivity (Wildman–Crippen MR) is 80.9 cm³/mol. The number of ether oxygens (including phenoxy) is 2. The van der Waals surface area contributed by atoms with Crippen molar-refractivity contribution in [1.29, 1.82) is 0 Å². The van der Waals surface area contributed by atoms with E-state index in [2.05, 4.69) is 19.2 Å². The van der Waals surface area contributed by atoms with Crippen molar-refractivity contribution in [2.45, 2.75) is 82.5 Å². The molecular formula is C17H31NO2. The van der Waals surface area contributed by atoms with Gasteiger partial charge >= 0.3 is 0 Å². The molecule has 2 saturated heterocycles. The molecule has 1 aliphatic carbocycles. The van der Waals surface area contributed by atoms with Gasteiger partial charge in [-0.15, -0.1) is 0 Å². The van der Waals surface area contributed by atoms with E-state index in [-0.39, 0.29) is 11.2 Å². The second-order valence-electron chi connectivity index (χ2n) is 7.29. The molecule has 0 aromatic rings. The number of likely N-dealkylation sites (N-methyl/N-ethyl adjacent to an activating group) is 1. The summed E-state index contributed by atoms with van der Waals surface area (Å²) in [4.78, 5) is 0. The Balaban J connectivity index is 1.72. The molecule has 3 fully saturated rings. The summed E-state index contributed by atoms with van der Waals surface area (Å²) in [6.45, 7) is 7.48. The summed E-state index contributed by atoms with van der Waals surface area (Å²) in [6, 6.07) is 0.495. The molecule has 20 heavy (non-hydrogen) atoms. The van der Waals surface area contributed by atoms with Gasteiger partial charge in [0, 0.05) is 19.3 Å². The van der Waals surface area contributed by atoms with E-state index in [1.165, 1.54) is 51.4 Å². The molecule has 2 heterocycles. The van der Waals surface area contributed by atoms with Crippen LogP contribution in [0, 0.1) is 5.92 Å². The highest BCUT2D eigenvalue weighted by Crippen LogP contribution is 2.47. The van der Waals surface area contributed by atoms with Crippen molar-refractivity contribution in [3.05, 3.63) is 0 Å². The van der Waals surface area contributed by atoms with Gasteiger partial charge in [0.15, 0.2) is 0 Å². The van der Waals surface area contributed by atoms with E-state index in [1.807, 2.05) is 0 Å². The minimum atomic E-state index is 0.0290. The zero-order valence-corrected chi connectivity index (χ0v) is 13.2. The lowest BCUT2D eigenvalue weighted by atomic mass is 9.67. The first-order valence-electron chi connectivity index (χ1n) is 8.69. The zero-order valence-electron chi connectivity index (χ0n) is 13.2. The minimum Gasteiger partial charge on any atom is -0.375 e. The molecule has 0 aromatic heterocycles. The van der Waals surface area contributed by atoms with Gasteiger partial charge in [0.25, 0.3) is 0 Å². The summed E-state index contributed by atoms with van der Waals surface area (Å²) in [6.07, 6.45) is 10.1. The molecule has 3 heteroatoms. The second kappa shape index (κ2) is 5.94. The Morgan fingerprint density at radius 2 is 1.95 bits per heavy atom. The summed E-state index contributed by atoms with van der Waals surface area (Å²) in [5, 5.41) is 3.77. The second-order valence-corrected chi connectivity index (χ2v) is 7.29. The maximum atomic E-state index is 6.25. The number of rotatable bonds is 4. The predicted octanol–water partition coefficient (Wildman–Crippen LogP) is 3.27. The fraction of sp³-hybridized carbons (Fsp3) is 1.00. The molecule has 116 valence electrons. The molecule has 3 rings (SSSR count). The van der Waals surface area contributed by atoms with Gasteiger partial charge < -0.3 is 14.8 Å². The normalized spacial score (nSPS) is 38.4. The van der Waals surface area contributed by atoms with E-state index in [0.717, 1.165) is 19.8 Å². The molecule has 3 nitrogen and oxygen atoms in total. The third-order valence-corrected chi connectivity index (χ3v) is 5.85. The molecule has 0 bridgehead atoms. The van der Waals surface area contributed by atoms with Crippen LogP contribution in [0.25, 0.3) is 0 Å². The first-order chi connectivity index (χ1) is 9.68. The molecule has 3 aliphatic rings. The molecule has 0 amide bonds. The lowest BCUT2D eigenvalue weighted by molar-refractivity contribution is -0.167. The largest absolute Gasteiger partial charge is 0.375 e. The molecule has 0 radical (unpaired) electrons. The van der Waals surface area contributed by atoms with Crippen LogP contribution >= 0.6 is 0 Å². The Morgan fingerprint density at radius 3 is 2.55 bits per heavy atom. The Bertz CT molecular complexity index is 321. The van der Waals surface area contributed by atoms with Crippen molar-refractivity contribution in [1.82, 2.24) is 5.32 Å². The standard InChI is InChI=1S/C17H31NO2/c1-3-18-15(16(2)8-4-5-11-19-16)14-7-12-20-17(13-14)9-6-10-17/h14-15,18H,3-13H2,1-2H3. The molecule has 1 saturated carbocycles. The Hall–Kier alpha value is -0.120. The highest BCUT2D eigenvalue weighted by atomic mass is 16.5. The molecule has 1 spiro atoms. The van der Waals surface area contributed by atoms with Crippen LogP contribution in [0.1, 0.15) is 65.2 Å². The Kier molecular flexibility index (Phi) is 4.40. The van der Waals surface area contributed by atoms with E-state index in [1.54, 1.807) is 0 Å². The monoisotopic (exact) mass is 281 g/mol. The van der Waals surface area contributed by atoms with E-state index < -0.39 is 0 Å². The van der Waals surface area contributed by atoms with E-state index in [4.69, 9.17) is 9.47 Å². The summed E-state index contributed by atoms with van der Waals surface area (Å²) in [7, 11) is 0. The van der Waals surface area contributed by atoms with E-state index in [9.17, 15) is 0 Å². The van der Waals surface area contributed by atoms with Crippen molar-refractivity contribution in [3.63, 3.8) is 0 Å². The lowest BCUT2D eigenvalue weighted by Crippen LogP contribution is -2.59. The fourth-order valence-electron chi connectivity index (χ4n) is 4.57. The summed E-state index contributed by atoms with van der Waals surface area (Å²) in [5.41, 5.74) is 0.267. The van der Waals surface area contributed by atoms with Gasteiger partial charge in [-0.1, -0.05) is 6.92 Å². The van der Waals surface area contributed by atoms with Crippen molar-refractivity contribution < 1.29 is 9.47 Å². The minimum absolute atomic E-state index is 0.0290. The van der Waals surface area contributed by atoms with Crippen LogP contribution < -0.4 is 5.32 Å². The first-order valence-corrected chi connectivity index (χ1v) is 8.69. The van der Waals surface area contributed by atoms with E-state index >= 15 is 0 Å². The van der Waals surface area contributed by atoms with Crippen LogP contribution in [0.15, 0.2) is 0 Å². The van der Waals surface area contributed by atoms with Crippen molar-refractivity contribution in [3.8, 4) is 0 Å². The topological polar surface area (TPSA) is 30.5 Å². The van der Waals surface area contributed by atoms with Gasteiger partial charge in [0.2, 0.25) is 0 Å². The van der Waals surface area contributed by atoms with Gasteiger partial charge in [-0.3, -0.25) is 0 Å². The summed E-state index contributed by atoms with van der Waals surface area (Å²) < 4.78 is 12.4. The highest BCUT2D eigenvalue weighted by Gasteiger charge is 2.48. The first kappa shape index (κ1) is 14.8. The summed E-state index contributed by atoms with van der Waals surface area (Å²) in [5.74, 6) is 0.715. The van der Waals surface area contributed by atoms with Gasteiger partial charge in [0.1, 0.15) is 0 Å². The van der Waals surface area contributed by atoms with Crippen LogP contribution in [0.3, 0.4) is 0 Å². The van der Waals surface area contributed by atoms with Gasteiger partial charge in [-0.25, -0.2) is 0 Å². The van der Waals surface area contributed by atoms with Crippen LogP contribution in [0.2, 0.25) is 0 Å². The number of hydrogen-bond donors (Lipinski definition) is 1.